The van der Waals surface area contributed by atoms with E-state index < -0.39 is 18.4 Å². The van der Waals surface area contributed by atoms with Crippen LogP contribution in [-0.4, -0.2) is 53.1 Å². The van der Waals surface area contributed by atoms with E-state index in [9.17, 15) is 14.6 Å². The topological polar surface area (TPSA) is 43.7 Å². The zero-order valence-electron chi connectivity index (χ0n) is 18.1. The van der Waals surface area contributed by atoms with Crippen LogP contribution in [0.25, 0.3) is 0 Å². The predicted octanol–water partition coefficient (Wildman–Crippen LogP) is 4.42. The fraction of sp³-hybridized carbons (Fsp3) is 0.760. The van der Waals surface area contributed by atoms with Gasteiger partial charge in [-0.25, -0.2) is 4.39 Å². The highest BCUT2D eigenvalue weighted by molar-refractivity contribution is 5.38. The van der Waals surface area contributed by atoms with Gasteiger partial charge >= 0.3 is 0 Å². The molecule has 2 N–H and O–H groups in total. The first-order valence-corrected chi connectivity index (χ1v) is 11.6. The third-order valence-electron chi connectivity index (χ3n) is 8.45. The van der Waals surface area contributed by atoms with E-state index in [-0.39, 0.29) is 0 Å². The molecule has 1 unspecified atom stereocenters. The molecule has 0 bridgehead atoms. The zero-order chi connectivity index (χ0) is 20.8. The van der Waals surface area contributed by atoms with Gasteiger partial charge in [-0.15, -0.1) is 0 Å². The lowest BCUT2D eigenvalue weighted by molar-refractivity contribution is 0.0226. The van der Waals surface area contributed by atoms with E-state index in [1.54, 1.807) is 0 Å². The molecule has 3 nitrogen and oxygen atoms in total. The SMILES string of the molecule is C=C1C(=CC=C2CCC[C@]3(C)[C@@H](C(C)CN4CC(F)C4)CC[C@@H]23)C[C@@H](O)C[C@@H]1O. The van der Waals surface area contributed by atoms with Crippen molar-refractivity contribution in [2.24, 2.45) is 23.2 Å². The van der Waals surface area contributed by atoms with Crippen molar-refractivity contribution in [2.45, 2.75) is 77.2 Å². The third-order valence-corrected chi connectivity index (χ3v) is 8.45. The van der Waals surface area contributed by atoms with Crippen molar-refractivity contribution in [1.82, 2.24) is 4.90 Å². The van der Waals surface area contributed by atoms with Gasteiger partial charge in [-0.3, -0.25) is 4.90 Å². The van der Waals surface area contributed by atoms with Crippen molar-refractivity contribution in [2.75, 3.05) is 19.6 Å². The van der Waals surface area contributed by atoms with Gasteiger partial charge in [0.25, 0.3) is 0 Å². The van der Waals surface area contributed by atoms with Crippen molar-refractivity contribution < 1.29 is 14.6 Å². The quantitative estimate of drug-likeness (QED) is 0.730. The maximum atomic E-state index is 13.2. The number of aliphatic hydroxyl groups excluding tert-OH is 2. The lowest BCUT2D eigenvalue weighted by Gasteiger charge is -2.46. The molecule has 0 aromatic rings. The molecular formula is C25H38FNO2. The van der Waals surface area contributed by atoms with Gasteiger partial charge in [0.2, 0.25) is 0 Å². The van der Waals surface area contributed by atoms with Crippen LogP contribution in [0.3, 0.4) is 0 Å². The Morgan fingerprint density at radius 1 is 1.28 bits per heavy atom. The Morgan fingerprint density at radius 2 is 2.03 bits per heavy atom. The summed E-state index contributed by atoms with van der Waals surface area (Å²) in [6.45, 7) is 11.2. The minimum atomic E-state index is -0.623. The maximum Gasteiger partial charge on any atom is 0.125 e. The molecule has 3 saturated carbocycles. The van der Waals surface area contributed by atoms with Crippen LogP contribution in [0.4, 0.5) is 4.39 Å². The van der Waals surface area contributed by atoms with Crippen molar-refractivity contribution in [3.05, 3.63) is 35.5 Å². The molecule has 3 aliphatic carbocycles. The Labute approximate surface area is 175 Å². The van der Waals surface area contributed by atoms with Gasteiger partial charge < -0.3 is 10.2 Å². The second kappa shape index (κ2) is 8.28. The molecule has 0 aromatic heterocycles. The zero-order valence-corrected chi connectivity index (χ0v) is 18.1. The van der Waals surface area contributed by atoms with Crippen LogP contribution in [-0.2, 0) is 0 Å². The van der Waals surface area contributed by atoms with Crippen molar-refractivity contribution in [1.29, 1.82) is 0 Å². The lowest BCUT2D eigenvalue weighted by atomic mass is 9.61. The van der Waals surface area contributed by atoms with Gasteiger partial charge in [0.15, 0.2) is 0 Å². The average molecular weight is 404 g/mol. The van der Waals surface area contributed by atoms with Crippen molar-refractivity contribution in [3.63, 3.8) is 0 Å². The molecule has 0 radical (unpaired) electrons. The summed E-state index contributed by atoms with van der Waals surface area (Å²) >= 11 is 0. The summed E-state index contributed by atoms with van der Waals surface area (Å²) in [6.07, 6.45) is 9.86. The Balaban J connectivity index is 1.47. The van der Waals surface area contributed by atoms with Crippen LogP contribution in [0.1, 0.15) is 58.8 Å². The molecular weight excluding hydrogens is 365 g/mol. The van der Waals surface area contributed by atoms with Crippen molar-refractivity contribution >= 4 is 0 Å². The molecule has 4 aliphatic rings. The van der Waals surface area contributed by atoms with Gasteiger partial charge in [0.05, 0.1) is 12.2 Å². The largest absolute Gasteiger partial charge is 0.393 e. The molecule has 4 fully saturated rings. The lowest BCUT2D eigenvalue weighted by Crippen LogP contribution is -2.51. The first-order chi connectivity index (χ1) is 13.8. The summed E-state index contributed by atoms with van der Waals surface area (Å²) < 4.78 is 13.2. The Kier molecular flexibility index (Phi) is 6.07. The average Bonchev–Trinajstić information content (AvgIpc) is 2.99. The molecule has 29 heavy (non-hydrogen) atoms. The highest BCUT2D eigenvalue weighted by atomic mass is 19.1. The summed E-state index contributed by atoms with van der Waals surface area (Å²) in [5.41, 5.74) is 3.64. The minimum Gasteiger partial charge on any atom is -0.393 e. The fourth-order valence-electron chi connectivity index (χ4n) is 6.87. The highest BCUT2D eigenvalue weighted by Gasteiger charge is 2.51. The number of allylic oxidation sites excluding steroid dienone is 3. The summed E-state index contributed by atoms with van der Waals surface area (Å²) in [5, 5.41) is 20.1. The van der Waals surface area contributed by atoms with E-state index in [2.05, 4.69) is 37.5 Å². The van der Waals surface area contributed by atoms with E-state index in [0.717, 1.165) is 24.1 Å². The highest BCUT2D eigenvalue weighted by Crippen LogP contribution is 2.59. The fourth-order valence-corrected chi connectivity index (χ4v) is 6.87. The van der Waals surface area contributed by atoms with Crippen LogP contribution in [0.5, 0.6) is 0 Å². The smallest absolute Gasteiger partial charge is 0.125 e. The minimum absolute atomic E-state index is 0.338. The Morgan fingerprint density at radius 3 is 2.76 bits per heavy atom. The molecule has 4 rings (SSSR count). The molecule has 0 spiro atoms. The second-order valence-corrected chi connectivity index (χ2v) is 10.5. The summed E-state index contributed by atoms with van der Waals surface area (Å²) in [5.74, 6) is 1.94. The Bertz CT molecular complexity index is 695. The standard InChI is InChI=1S/C25H38FNO2/c1-16(13-27-14-20(26)15-27)22-8-9-23-18(5-4-10-25(22,23)3)6-7-19-11-21(28)12-24(29)17(19)2/h6-7,16,20-24,28-29H,2,4-5,8-15H2,1,3H3/t16?,21-,22-,23+,24+,25-/m1/s1. The molecule has 1 heterocycles. The number of likely N-dealkylation sites (tertiary alicyclic amines) is 1. The van der Waals surface area contributed by atoms with Crippen LogP contribution < -0.4 is 0 Å². The Hall–Kier alpha value is -0.970. The molecule has 1 saturated heterocycles. The first-order valence-electron chi connectivity index (χ1n) is 11.6. The first kappa shape index (κ1) is 21.3. The van der Waals surface area contributed by atoms with Crippen LogP contribution in [0.2, 0.25) is 0 Å². The van der Waals surface area contributed by atoms with Crippen LogP contribution in [0.15, 0.2) is 35.5 Å². The number of nitrogens with zero attached hydrogens (tertiary/aromatic N) is 1. The second-order valence-electron chi connectivity index (χ2n) is 10.5. The van der Waals surface area contributed by atoms with Gasteiger partial charge in [-0.1, -0.05) is 38.2 Å². The van der Waals surface area contributed by atoms with Crippen LogP contribution >= 0.6 is 0 Å². The third kappa shape index (κ3) is 4.13. The summed E-state index contributed by atoms with van der Waals surface area (Å²) in [6, 6.07) is 0. The molecule has 162 valence electrons. The molecule has 6 atom stereocenters. The molecule has 4 heteroatoms. The summed E-state index contributed by atoms with van der Waals surface area (Å²) in [7, 11) is 0. The number of rotatable bonds is 4. The summed E-state index contributed by atoms with van der Waals surface area (Å²) in [4.78, 5) is 2.28. The van der Waals surface area contributed by atoms with Gasteiger partial charge in [-0.2, -0.15) is 0 Å². The maximum absolute atomic E-state index is 13.2. The number of hydrogen-bond donors (Lipinski definition) is 2. The number of hydrogen-bond acceptors (Lipinski definition) is 3. The number of alkyl halides is 1. The number of fused-ring (bicyclic) bond motifs is 1. The van der Waals surface area contributed by atoms with E-state index >= 15 is 0 Å². The van der Waals surface area contributed by atoms with Gasteiger partial charge in [0.1, 0.15) is 6.17 Å². The van der Waals surface area contributed by atoms with E-state index in [1.165, 1.54) is 31.3 Å². The molecule has 0 amide bonds. The number of halogens is 1. The van der Waals surface area contributed by atoms with E-state index in [1.807, 2.05) is 0 Å². The van der Waals surface area contributed by atoms with Gasteiger partial charge in [-0.05, 0) is 72.8 Å². The van der Waals surface area contributed by atoms with Crippen LogP contribution in [0, 0.1) is 23.2 Å². The monoisotopic (exact) mass is 403 g/mol. The molecule has 1 aliphatic heterocycles. The number of aliphatic hydroxyl groups is 2. The predicted molar refractivity (Wildman–Crippen MR) is 115 cm³/mol. The van der Waals surface area contributed by atoms with Crippen molar-refractivity contribution in [3.8, 4) is 0 Å². The van der Waals surface area contributed by atoms with Gasteiger partial charge in [0, 0.05) is 26.1 Å². The van der Waals surface area contributed by atoms with E-state index in [0.29, 0.717) is 49.1 Å². The van der Waals surface area contributed by atoms with E-state index in [4.69, 9.17) is 0 Å². The molecule has 0 aromatic carbocycles. The normalized spacial score (nSPS) is 42.9.